The van der Waals surface area contributed by atoms with E-state index in [0.29, 0.717) is 17.6 Å². The van der Waals surface area contributed by atoms with E-state index in [2.05, 4.69) is 14.5 Å². The zero-order valence-corrected chi connectivity index (χ0v) is 15.6. The van der Waals surface area contributed by atoms with Gasteiger partial charge in [-0.05, 0) is 50.4 Å². The van der Waals surface area contributed by atoms with Crippen molar-refractivity contribution in [2.75, 3.05) is 13.7 Å². The largest absolute Gasteiger partial charge is 0.492 e. The molecule has 4 nitrogen and oxygen atoms in total. The van der Waals surface area contributed by atoms with Gasteiger partial charge in [-0.3, -0.25) is 4.90 Å². The molecule has 0 N–H and O–H groups in total. The normalized spacial score (nSPS) is 18.5. The van der Waals surface area contributed by atoms with Gasteiger partial charge in [0.25, 0.3) is 0 Å². The number of halogens is 2. The number of ether oxygens (including phenoxy) is 1. The van der Waals surface area contributed by atoms with Crippen LogP contribution in [-0.4, -0.2) is 34.1 Å². The predicted octanol–water partition coefficient (Wildman–Crippen LogP) is 4.44. The van der Waals surface area contributed by atoms with Gasteiger partial charge in [-0.2, -0.15) is 0 Å². The summed E-state index contributed by atoms with van der Waals surface area (Å²) in [5, 5.41) is 0.333. The molecule has 6 heteroatoms. The number of piperidine rings is 1. The number of aromatic nitrogens is 2. The summed E-state index contributed by atoms with van der Waals surface area (Å²) >= 11 is 6.14. The fourth-order valence-corrected chi connectivity index (χ4v) is 3.96. The maximum atomic E-state index is 14.1. The summed E-state index contributed by atoms with van der Waals surface area (Å²) in [4.78, 5) is 6.74. The average Bonchev–Trinajstić information content (AvgIpc) is 2.99. The SMILES string of the molecule is COc1c(F)cc(CN2CCCC[C@@H]2CCn2ccnc2C)cc1Cl. The lowest BCUT2D eigenvalue weighted by Crippen LogP contribution is -2.39. The lowest BCUT2D eigenvalue weighted by atomic mass is 9.98. The molecule has 0 unspecified atom stereocenters. The molecule has 1 aliphatic rings. The first-order chi connectivity index (χ1) is 12.1. The number of aryl methyl sites for hydroxylation is 2. The van der Waals surface area contributed by atoms with Crippen LogP contribution in [0.1, 0.15) is 37.1 Å². The third-order valence-electron chi connectivity index (χ3n) is 5.02. The molecular weight excluding hydrogens is 341 g/mol. The van der Waals surface area contributed by atoms with E-state index in [9.17, 15) is 4.39 Å². The first-order valence-corrected chi connectivity index (χ1v) is 9.20. The number of benzene rings is 1. The van der Waals surface area contributed by atoms with Crippen LogP contribution >= 0.6 is 11.6 Å². The molecule has 1 aliphatic heterocycles. The van der Waals surface area contributed by atoms with Gasteiger partial charge in [0.2, 0.25) is 0 Å². The van der Waals surface area contributed by atoms with Crippen LogP contribution in [0.4, 0.5) is 4.39 Å². The Labute approximate surface area is 153 Å². The van der Waals surface area contributed by atoms with E-state index in [0.717, 1.165) is 30.9 Å². The summed E-state index contributed by atoms with van der Waals surface area (Å²) in [5.41, 5.74) is 0.897. The van der Waals surface area contributed by atoms with Crippen LogP contribution in [0.5, 0.6) is 5.75 Å². The van der Waals surface area contributed by atoms with E-state index in [1.807, 2.05) is 25.4 Å². The van der Waals surface area contributed by atoms with Crippen molar-refractivity contribution in [2.45, 2.75) is 51.7 Å². The van der Waals surface area contributed by atoms with Crippen molar-refractivity contribution >= 4 is 11.6 Å². The summed E-state index contributed by atoms with van der Waals surface area (Å²) in [7, 11) is 1.43. The van der Waals surface area contributed by atoms with Crippen molar-refractivity contribution in [1.29, 1.82) is 0 Å². The minimum atomic E-state index is -0.396. The Balaban J connectivity index is 1.68. The van der Waals surface area contributed by atoms with Crippen LogP contribution in [0.2, 0.25) is 5.02 Å². The first-order valence-electron chi connectivity index (χ1n) is 8.82. The second-order valence-corrected chi connectivity index (χ2v) is 7.08. The van der Waals surface area contributed by atoms with E-state index >= 15 is 0 Å². The van der Waals surface area contributed by atoms with Gasteiger partial charge < -0.3 is 9.30 Å². The molecule has 1 aromatic heterocycles. The van der Waals surface area contributed by atoms with E-state index in [-0.39, 0.29) is 5.75 Å². The van der Waals surface area contributed by atoms with Crippen molar-refractivity contribution in [3.05, 3.63) is 46.8 Å². The molecule has 0 spiro atoms. The number of rotatable bonds is 6. The van der Waals surface area contributed by atoms with Gasteiger partial charge in [-0.25, -0.2) is 9.37 Å². The number of hydrogen-bond donors (Lipinski definition) is 0. The van der Waals surface area contributed by atoms with Crippen LogP contribution in [0.25, 0.3) is 0 Å². The molecular formula is C19H25ClFN3O. The second kappa shape index (κ2) is 8.19. The van der Waals surface area contributed by atoms with Gasteiger partial charge in [-0.15, -0.1) is 0 Å². The van der Waals surface area contributed by atoms with Crippen LogP contribution in [-0.2, 0) is 13.1 Å². The molecule has 0 amide bonds. The zero-order chi connectivity index (χ0) is 17.8. The molecule has 0 saturated carbocycles. The minimum absolute atomic E-state index is 0.121. The molecule has 0 aliphatic carbocycles. The van der Waals surface area contributed by atoms with Crippen molar-refractivity contribution in [2.24, 2.45) is 0 Å². The second-order valence-electron chi connectivity index (χ2n) is 6.67. The maximum absolute atomic E-state index is 14.1. The van der Waals surface area contributed by atoms with E-state index in [1.54, 1.807) is 0 Å². The lowest BCUT2D eigenvalue weighted by molar-refractivity contribution is 0.128. The smallest absolute Gasteiger partial charge is 0.173 e. The topological polar surface area (TPSA) is 30.3 Å². The Morgan fingerprint density at radius 2 is 2.20 bits per heavy atom. The Kier molecular flexibility index (Phi) is 5.97. The highest BCUT2D eigenvalue weighted by Crippen LogP contribution is 2.30. The summed E-state index contributed by atoms with van der Waals surface area (Å²) in [6.45, 7) is 4.75. The summed E-state index contributed by atoms with van der Waals surface area (Å²) in [6.07, 6.45) is 8.57. The number of methoxy groups -OCH3 is 1. The maximum Gasteiger partial charge on any atom is 0.173 e. The molecule has 2 aromatic rings. The zero-order valence-electron chi connectivity index (χ0n) is 14.8. The van der Waals surface area contributed by atoms with Crippen LogP contribution < -0.4 is 4.74 Å². The van der Waals surface area contributed by atoms with Crippen LogP contribution in [0.15, 0.2) is 24.5 Å². The highest BCUT2D eigenvalue weighted by Gasteiger charge is 2.23. The van der Waals surface area contributed by atoms with Gasteiger partial charge in [0.1, 0.15) is 5.82 Å². The molecule has 2 heterocycles. The van der Waals surface area contributed by atoms with E-state index in [4.69, 9.17) is 16.3 Å². The molecule has 1 aromatic carbocycles. The molecule has 1 atom stereocenters. The molecule has 1 saturated heterocycles. The minimum Gasteiger partial charge on any atom is -0.492 e. The Morgan fingerprint density at radius 1 is 1.36 bits per heavy atom. The fourth-order valence-electron chi connectivity index (χ4n) is 3.66. The first kappa shape index (κ1) is 18.2. The van der Waals surface area contributed by atoms with Gasteiger partial charge >= 0.3 is 0 Å². The molecule has 0 radical (unpaired) electrons. The van der Waals surface area contributed by atoms with Crippen molar-refractivity contribution in [1.82, 2.24) is 14.5 Å². The lowest BCUT2D eigenvalue weighted by Gasteiger charge is -2.36. The quantitative estimate of drug-likeness (QED) is 0.758. The number of hydrogen-bond acceptors (Lipinski definition) is 3. The van der Waals surface area contributed by atoms with Crippen molar-refractivity contribution in [3.63, 3.8) is 0 Å². The molecule has 136 valence electrons. The fraction of sp³-hybridized carbons (Fsp3) is 0.526. The van der Waals surface area contributed by atoms with Gasteiger partial charge in [-0.1, -0.05) is 18.0 Å². The van der Waals surface area contributed by atoms with Gasteiger partial charge in [0.15, 0.2) is 11.6 Å². The molecule has 3 rings (SSSR count). The van der Waals surface area contributed by atoms with Crippen molar-refractivity contribution in [3.8, 4) is 5.75 Å². The Morgan fingerprint density at radius 3 is 2.88 bits per heavy atom. The summed E-state index contributed by atoms with van der Waals surface area (Å²) < 4.78 is 21.3. The number of nitrogens with zero attached hydrogens (tertiary/aromatic N) is 3. The van der Waals surface area contributed by atoms with Crippen LogP contribution in [0.3, 0.4) is 0 Å². The summed E-state index contributed by atoms with van der Waals surface area (Å²) in [5.74, 6) is 0.773. The van der Waals surface area contributed by atoms with Gasteiger partial charge in [0, 0.05) is 31.5 Å². The number of imidazole rings is 1. The van der Waals surface area contributed by atoms with Crippen LogP contribution in [0, 0.1) is 12.7 Å². The third kappa shape index (κ3) is 4.33. The highest BCUT2D eigenvalue weighted by molar-refractivity contribution is 6.32. The molecule has 1 fully saturated rings. The van der Waals surface area contributed by atoms with E-state index in [1.165, 1.54) is 32.4 Å². The summed E-state index contributed by atoms with van der Waals surface area (Å²) in [6, 6.07) is 3.85. The number of likely N-dealkylation sites (tertiary alicyclic amines) is 1. The standard InChI is InChI=1S/C19H25ClFN3O/c1-14-22-7-10-23(14)9-6-16-5-3-4-8-24(16)13-15-11-17(20)19(25-2)18(21)12-15/h7,10-12,16H,3-6,8-9,13H2,1-2H3/t16-/m1/s1. The predicted molar refractivity (Wildman–Crippen MR) is 97.6 cm³/mol. The Bertz CT molecular complexity index is 695. The average molecular weight is 366 g/mol. The molecule has 0 bridgehead atoms. The van der Waals surface area contributed by atoms with Gasteiger partial charge in [0.05, 0.1) is 12.1 Å². The Hall–Kier alpha value is -1.59. The highest BCUT2D eigenvalue weighted by atomic mass is 35.5. The van der Waals surface area contributed by atoms with Crippen molar-refractivity contribution < 1.29 is 9.13 Å². The third-order valence-corrected chi connectivity index (χ3v) is 5.30. The monoisotopic (exact) mass is 365 g/mol. The van der Waals surface area contributed by atoms with E-state index < -0.39 is 5.82 Å². The molecule has 25 heavy (non-hydrogen) atoms.